The van der Waals surface area contributed by atoms with E-state index in [0.717, 1.165) is 24.6 Å². The van der Waals surface area contributed by atoms with E-state index < -0.39 is 5.97 Å². The Labute approximate surface area is 111 Å². The van der Waals surface area contributed by atoms with Gasteiger partial charge in [-0.15, -0.1) is 5.10 Å². The summed E-state index contributed by atoms with van der Waals surface area (Å²) in [5.41, 5.74) is -0.295. The first-order chi connectivity index (χ1) is 9.16. The zero-order valence-electron chi connectivity index (χ0n) is 9.74. The molecule has 1 aliphatic rings. The maximum atomic E-state index is 11.6. The normalized spacial score (nSPS) is 14.5. The monoisotopic (exact) mass is 278 g/mol. The highest BCUT2D eigenvalue weighted by atomic mass is 32.2. The standard InChI is InChI=1S/C11H10N4O3S/c16-9(17)8-7(2-1-5-12-8)19-11-14-13-10(18)15(11)6-3-4-6/h1-2,5-6H,3-4H2,(H,13,18)(H,16,17). The summed E-state index contributed by atoms with van der Waals surface area (Å²) in [6.07, 6.45) is 3.32. The van der Waals surface area contributed by atoms with Gasteiger partial charge in [-0.1, -0.05) is 0 Å². The minimum absolute atomic E-state index is 0.0368. The molecule has 2 heterocycles. The number of aromatic nitrogens is 4. The lowest BCUT2D eigenvalue weighted by molar-refractivity contribution is 0.0686. The van der Waals surface area contributed by atoms with Crippen LogP contribution < -0.4 is 5.69 Å². The van der Waals surface area contributed by atoms with Crippen molar-refractivity contribution in [2.24, 2.45) is 0 Å². The third-order valence-electron chi connectivity index (χ3n) is 2.76. The van der Waals surface area contributed by atoms with Crippen LogP contribution in [0.4, 0.5) is 0 Å². The summed E-state index contributed by atoms with van der Waals surface area (Å²) < 4.78 is 1.57. The molecule has 2 aromatic rings. The molecule has 0 amide bonds. The van der Waals surface area contributed by atoms with E-state index in [4.69, 9.17) is 5.11 Å². The van der Waals surface area contributed by atoms with E-state index in [-0.39, 0.29) is 17.4 Å². The highest BCUT2D eigenvalue weighted by molar-refractivity contribution is 7.99. The zero-order valence-corrected chi connectivity index (χ0v) is 10.6. The molecular formula is C11H10N4O3S. The average Bonchev–Trinajstić information content (AvgIpc) is 3.15. The van der Waals surface area contributed by atoms with Crippen LogP contribution in [0.2, 0.25) is 0 Å². The molecule has 0 aliphatic heterocycles. The molecule has 0 unspecified atom stereocenters. The van der Waals surface area contributed by atoms with Crippen molar-refractivity contribution in [1.29, 1.82) is 0 Å². The van der Waals surface area contributed by atoms with E-state index in [9.17, 15) is 9.59 Å². The minimum atomic E-state index is -1.10. The maximum Gasteiger partial charge on any atom is 0.355 e. The SMILES string of the molecule is O=C(O)c1ncccc1Sc1n[nH]c(=O)n1C1CC1. The van der Waals surface area contributed by atoms with Gasteiger partial charge in [0.25, 0.3) is 0 Å². The predicted molar refractivity (Wildman–Crippen MR) is 66.4 cm³/mol. The van der Waals surface area contributed by atoms with Crippen LogP contribution in [0.25, 0.3) is 0 Å². The molecule has 0 aromatic carbocycles. The molecule has 3 rings (SSSR count). The quantitative estimate of drug-likeness (QED) is 0.870. The summed E-state index contributed by atoms with van der Waals surface area (Å²) in [5, 5.41) is 15.9. The molecule has 1 fully saturated rings. The van der Waals surface area contributed by atoms with Crippen LogP contribution in [0.3, 0.4) is 0 Å². The molecule has 2 aromatic heterocycles. The van der Waals surface area contributed by atoms with E-state index in [2.05, 4.69) is 15.2 Å². The van der Waals surface area contributed by atoms with Gasteiger partial charge < -0.3 is 5.11 Å². The topological polar surface area (TPSA) is 101 Å². The van der Waals surface area contributed by atoms with Gasteiger partial charge >= 0.3 is 11.7 Å². The summed E-state index contributed by atoms with van der Waals surface area (Å²) in [5.74, 6) is -1.10. The van der Waals surface area contributed by atoms with Crippen molar-refractivity contribution in [1.82, 2.24) is 19.7 Å². The molecule has 0 spiro atoms. The van der Waals surface area contributed by atoms with Crippen LogP contribution in [0.5, 0.6) is 0 Å². The fourth-order valence-corrected chi connectivity index (χ4v) is 2.75. The number of nitrogens with zero attached hydrogens (tertiary/aromatic N) is 3. The number of rotatable bonds is 4. The molecule has 1 saturated carbocycles. The molecule has 19 heavy (non-hydrogen) atoms. The number of hydrogen-bond donors (Lipinski definition) is 2. The van der Waals surface area contributed by atoms with Crippen LogP contribution in [0.15, 0.2) is 33.2 Å². The van der Waals surface area contributed by atoms with Gasteiger partial charge in [-0.3, -0.25) is 4.57 Å². The molecule has 0 saturated heterocycles. The van der Waals surface area contributed by atoms with Gasteiger partial charge in [0.2, 0.25) is 0 Å². The lowest BCUT2D eigenvalue weighted by Crippen LogP contribution is -2.16. The van der Waals surface area contributed by atoms with Crippen LogP contribution >= 0.6 is 11.8 Å². The number of carboxylic acid groups (broad SMARTS) is 1. The smallest absolute Gasteiger partial charge is 0.355 e. The predicted octanol–water partition coefficient (Wildman–Crippen LogP) is 1.15. The highest BCUT2D eigenvalue weighted by Crippen LogP contribution is 2.37. The largest absolute Gasteiger partial charge is 0.476 e. The van der Waals surface area contributed by atoms with E-state index in [1.165, 1.54) is 6.20 Å². The first-order valence-corrected chi connectivity index (χ1v) is 6.51. The Kier molecular flexibility index (Phi) is 2.86. The molecule has 0 radical (unpaired) electrons. The van der Waals surface area contributed by atoms with Crippen LogP contribution in [0, 0.1) is 0 Å². The second-order valence-electron chi connectivity index (χ2n) is 4.17. The summed E-state index contributed by atoms with van der Waals surface area (Å²) in [7, 11) is 0. The molecule has 2 N–H and O–H groups in total. The minimum Gasteiger partial charge on any atom is -0.476 e. The van der Waals surface area contributed by atoms with E-state index in [1.54, 1.807) is 16.7 Å². The van der Waals surface area contributed by atoms with Gasteiger partial charge in [0.05, 0.1) is 0 Å². The van der Waals surface area contributed by atoms with Gasteiger partial charge in [0, 0.05) is 17.1 Å². The third-order valence-corrected chi connectivity index (χ3v) is 3.78. The Morgan fingerprint density at radius 3 is 3.00 bits per heavy atom. The van der Waals surface area contributed by atoms with Gasteiger partial charge in [-0.25, -0.2) is 19.7 Å². The summed E-state index contributed by atoms with van der Waals surface area (Å²) >= 11 is 1.14. The number of aromatic carboxylic acids is 1. The Hall–Kier alpha value is -2.09. The fourth-order valence-electron chi connectivity index (χ4n) is 1.75. The van der Waals surface area contributed by atoms with E-state index >= 15 is 0 Å². The molecule has 0 bridgehead atoms. The number of nitrogens with one attached hydrogen (secondary N) is 1. The molecule has 0 atom stereocenters. The van der Waals surface area contributed by atoms with Gasteiger partial charge in [-0.05, 0) is 36.7 Å². The number of aromatic amines is 1. The Bertz CT molecular complexity index is 689. The number of pyridine rings is 1. The fraction of sp³-hybridized carbons (Fsp3) is 0.273. The molecular weight excluding hydrogens is 268 g/mol. The zero-order chi connectivity index (χ0) is 13.4. The number of hydrogen-bond acceptors (Lipinski definition) is 5. The van der Waals surface area contributed by atoms with Crippen molar-refractivity contribution >= 4 is 17.7 Å². The van der Waals surface area contributed by atoms with Crippen molar-refractivity contribution in [2.45, 2.75) is 28.9 Å². The second-order valence-corrected chi connectivity index (χ2v) is 5.18. The van der Waals surface area contributed by atoms with Gasteiger partial charge in [-0.2, -0.15) is 0 Å². The molecule has 98 valence electrons. The van der Waals surface area contributed by atoms with Gasteiger partial charge in [0.15, 0.2) is 10.9 Å². The number of carboxylic acids is 1. The maximum absolute atomic E-state index is 11.6. The number of H-pyrrole nitrogens is 1. The third kappa shape index (κ3) is 2.26. The first kappa shape index (κ1) is 12.0. The lowest BCUT2D eigenvalue weighted by Gasteiger charge is -2.05. The average molecular weight is 278 g/mol. The van der Waals surface area contributed by atoms with Crippen molar-refractivity contribution in [3.8, 4) is 0 Å². The van der Waals surface area contributed by atoms with Crippen molar-refractivity contribution < 1.29 is 9.90 Å². The van der Waals surface area contributed by atoms with Crippen LogP contribution in [-0.4, -0.2) is 30.8 Å². The molecule has 7 nitrogen and oxygen atoms in total. The molecule has 1 aliphatic carbocycles. The summed E-state index contributed by atoms with van der Waals surface area (Å²) in [4.78, 5) is 27.0. The van der Waals surface area contributed by atoms with Crippen molar-refractivity contribution in [3.63, 3.8) is 0 Å². The Morgan fingerprint density at radius 1 is 1.53 bits per heavy atom. The molecule has 8 heteroatoms. The van der Waals surface area contributed by atoms with Gasteiger partial charge in [0.1, 0.15) is 0 Å². The summed E-state index contributed by atoms with van der Waals surface area (Å²) in [6, 6.07) is 3.48. The first-order valence-electron chi connectivity index (χ1n) is 5.70. The highest BCUT2D eigenvalue weighted by Gasteiger charge is 2.29. The van der Waals surface area contributed by atoms with Crippen LogP contribution in [-0.2, 0) is 0 Å². The lowest BCUT2D eigenvalue weighted by atomic mass is 10.3. The second kappa shape index (κ2) is 4.54. The van der Waals surface area contributed by atoms with Crippen molar-refractivity contribution in [3.05, 3.63) is 34.5 Å². The van der Waals surface area contributed by atoms with Crippen LogP contribution in [0.1, 0.15) is 29.4 Å². The Balaban J connectivity index is 1.98. The van der Waals surface area contributed by atoms with E-state index in [0.29, 0.717) is 10.1 Å². The number of carbonyl (C=O) groups is 1. The summed E-state index contributed by atoms with van der Waals surface area (Å²) in [6.45, 7) is 0. The van der Waals surface area contributed by atoms with Crippen molar-refractivity contribution in [2.75, 3.05) is 0 Å². The Morgan fingerprint density at radius 2 is 2.32 bits per heavy atom. The van der Waals surface area contributed by atoms with E-state index in [1.807, 2.05) is 0 Å².